The smallest absolute Gasteiger partial charge is 0.252 e. The first-order valence-electron chi connectivity index (χ1n) is 6.42. The van der Waals surface area contributed by atoms with Gasteiger partial charge in [0, 0.05) is 13.1 Å². The van der Waals surface area contributed by atoms with Crippen LogP contribution in [0.25, 0.3) is 0 Å². The highest BCUT2D eigenvalue weighted by atomic mass is 16.1. The summed E-state index contributed by atoms with van der Waals surface area (Å²) in [5, 5.41) is 0. The molecule has 1 aliphatic rings. The molecule has 18 heavy (non-hydrogen) atoms. The van der Waals surface area contributed by atoms with E-state index in [4.69, 9.17) is 11.5 Å². The summed E-state index contributed by atoms with van der Waals surface area (Å²) in [4.78, 5) is 17.8. The van der Waals surface area contributed by atoms with Crippen LogP contribution in [0, 0.1) is 5.92 Å². The van der Waals surface area contributed by atoms with Crippen molar-refractivity contribution >= 4 is 17.4 Å². The first-order chi connectivity index (χ1) is 8.61. The topological polar surface area (TPSA) is 85.2 Å². The maximum Gasteiger partial charge on any atom is 0.252 e. The zero-order chi connectivity index (χ0) is 13.1. The summed E-state index contributed by atoms with van der Waals surface area (Å²) in [6, 6.07) is 1.61. The monoisotopic (exact) mass is 248 g/mol. The summed E-state index contributed by atoms with van der Waals surface area (Å²) in [5.74, 6) is 0.987. The van der Waals surface area contributed by atoms with Crippen LogP contribution in [0.5, 0.6) is 0 Å². The molecule has 1 aliphatic heterocycles. The molecule has 1 saturated heterocycles. The molecule has 1 amide bonds. The number of nitrogens with two attached hydrogens (primary N) is 2. The number of primary amides is 1. The fourth-order valence-corrected chi connectivity index (χ4v) is 2.46. The van der Waals surface area contributed by atoms with E-state index in [2.05, 4.69) is 16.8 Å². The predicted octanol–water partition coefficient (Wildman–Crippen LogP) is 1.39. The van der Waals surface area contributed by atoms with Gasteiger partial charge < -0.3 is 16.4 Å². The van der Waals surface area contributed by atoms with Crippen molar-refractivity contribution in [3.05, 3.63) is 17.8 Å². The molecule has 0 bridgehead atoms. The number of amides is 1. The van der Waals surface area contributed by atoms with Crippen LogP contribution in [0.4, 0.5) is 11.5 Å². The minimum absolute atomic E-state index is 0.421. The number of anilines is 2. The summed E-state index contributed by atoms with van der Waals surface area (Å²) in [7, 11) is 0. The number of nitrogens with zero attached hydrogens (tertiary/aromatic N) is 2. The van der Waals surface area contributed by atoms with Crippen molar-refractivity contribution in [2.24, 2.45) is 11.7 Å². The van der Waals surface area contributed by atoms with Gasteiger partial charge in [0.1, 0.15) is 5.82 Å². The van der Waals surface area contributed by atoms with E-state index >= 15 is 0 Å². The Labute approximate surface area is 107 Å². The minimum Gasteiger partial charge on any atom is -0.397 e. The van der Waals surface area contributed by atoms with Crippen molar-refractivity contribution in [2.45, 2.75) is 26.2 Å². The highest BCUT2D eigenvalue weighted by molar-refractivity contribution is 5.98. The van der Waals surface area contributed by atoms with E-state index in [-0.39, 0.29) is 0 Å². The van der Waals surface area contributed by atoms with Gasteiger partial charge in [0.2, 0.25) is 0 Å². The van der Waals surface area contributed by atoms with Crippen LogP contribution in [-0.2, 0) is 0 Å². The third-order valence-electron chi connectivity index (χ3n) is 3.64. The van der Waals surface area contributed by atoms with E-state index in [1.165, 1.54) is 6.42 Å². The number of piperidine rings is 1. The molecular weight excluding hydrogens is 228 g/mol. The molecule has 0 unspecified atom stereocenters. The summed E-state index contributed by atoms with van der Waals surface area (Å²) >= 11 is 0. The van der Waals surface area contributed by atoms with Gasteiger partial charge in [-0.1, -0.05) is 13.3 Å². The molecule has 2 heterocycles. The molecule has 0 aliphatic carbocycles. The van der Waals surface area contributed by atoms with Gasteiger partial charge in [0.15, 0.2) is 0 Å². The number of hydrogen-bond acceptors (Lipinski definition) is 4. The molecule has 1 aromatic heterocycles. The van der Waals surface area contributed by atoms with Crippen LogP contribution < -0.4 is 16.4 Å². The Kier molecular flexibility index (Phi) is 3.69. The van der Waals surface area contributed by atoms with E-state index in [1.807, 2.05) is 0 Å². The summed E-state index contributed by atoms with van der Waals surface area (Å²) in [6.45, 7) is 4.07. The maximum atomic E-state index is 11.4. The van der Waals surface area contributed by atoms with Crippen molar-refractivity contribution in [2.75, 3.05) is 23.7 Å². The van der Waals surface area contributed by atoms with Crippen LogP contribution in [-0.4, -0.2) is 24.0 Å². The van der Waals surface area contributed by atoms with Crippen LogP contribution >= 0.6 is 0 Å². The molecule has 5 heteroatoms. The van der Waals surface area contributed by atoms with Crippen LogP contribution in [0.15, 0.2) is 12.3 Å². The average molecular weight is 248 g/mol. The van der Waals surface area contributed by atoms with Crippen molar-refractivity contribution in [1.29, 1.82) is 0 Å². The molecule has 0 radical (unpaired) electrons. The maximum absolute atomic E-state index is 11.4. The van der Waals surface area contributed by atoms with Crippen LogP contribution in [0.1, 0.15) is 36.5 Å². The number of rotatable bonds is 3. The van der Waals surface area contributed by atoms with E-state index in [1.54, 1.807) is 12.3 Å². The quantitative estimate of drug-likeness (QED) is 0.846. The third-order valence-corrected chi connectivity index (χ3v) is 3.64. The van der Waals surface area contributed by atoms with Crippen molar-refractivity contribution < 1.29 is 4.79 Å². The largest absolute Gasteiger partial charge is 0.397 e. The Balaban J connectivity index is 2.21. The van der Waals surface area contributed by atoms with Crippen molar-refractivity contribution in [3.63, 3.8) is 0 Å². The summed E-state index contributed by atoms with van der Waals surface area (Å²) in [5.41, 5.74) is 11.9. The number of carbonyl (C=O) groups excluding carboxylic acids is 1. The Hall–Kier alpha value is -1.78. The first-order valence-corrected chi connectivity index (χ1v) is 6.42. The first kappa shape index (κ1) is 12.7. The normalized spacial score (nSPS) is 16.8. The van der Waals surface area contributed by atoms with Gasteiger partial charge in [-0.2, -0.15) is 0 Å². The van der Waals surface area contributed by atoms with Gasteiger partial charge in [0.25, 0.3) is 5.91 Å². The van der Waals surface area contributed by atoms with Gasteiger partial charge in [-0.15, -0.1) is 0 Å². The zero-order valence-electron chi connectivity index (χ0n) is 10.7. The van der Waals surface area contributed by atoms with Gasteiger partial charge in [-0.25, -0.2) is 4.98 Å². The Morgan fingerprint density at radius 2 is 2.17 bits per heavy atom. The molecule has 2 rings (SSSR count). The molecule has 0 spiro atoms. The van der Waals surface area contributed by atoms with E-state index < -0.39 is 5.91 Å². The Morgan fingerprint density at radius 1 is 1.50 bits per heavy atom. The highest BCUT2D eigenvalue weighted by Gasteiger charge is 2.22. The summed E-state index contributed by atoms with van der Waals surface area (Å²) in [6.07, 6.45) is 5.07. The molecule has 1 aromatic rings. The molecule has 5 nitrogen and oxygen atoms in total. The number of nitrogen functional groups attached to an aromatic ring is 1. The van der Waals surface area contributed by atoms with E-state index in [0.29, 0.717) is 17.1 Å². The predicted molar refractivity (Wildman–Crippen MR) is 72.4 cm³/mol. The lowest BCUT2D eigenvalue weighted by Gasteiger charge is -2.33. The van der Waals surface area contributed by atoms with E-state index in [9.17, 15) is 4.79 Å². The molecule has 0 aromatic carbocycles. The van der Waals surface area contributed by atoms with Crippen LogP contribution in [0.2, 0.25) is 0 Å². The molecule has 98 valence electrons. The average Bonchev–Trinajstić information content (AvgIpc) is 2.39. The number of carbonyl (C=O) groups is 1. The van der Waals surface area contributed by atoms with Crippen LogP contribution in [0.3, 0.4) is 0 Å². The minimum atomic E-state index is -0.470. The highest BCUT2D eigenvalue weighted by Crippen LogP contribution is 2.26. The standard InChI is InChI=1S/C13H20N4O/c1-2-9-3-5-17(6-4-9)13-11(12(15)18)7-10(14)8-16-13/h7-9H,2-6,14H2,1H3,(H2,15,18). The third kappa shape index (κ3) is 2.55. The lowest BCUT2D eigenvalue weighted by atomic mass is 9.94. The number of pyridine rings is 1. The molecular formula is C13H20N4O. The number of aromatic nitrogens is 1. The van der Waals surface area contributed by atoms with Gasteiger partial charge >= 0.3 is 0 Å². The Bertz CT molecular complexity index is 439. The molecule has 0 atom stereocenters. The number of hydrogen-bond donors (Lipinski definition) is 2. The second-order valence-electron chi connectivity index (χ2n) is 4.84. The SMILES string of the molecule is CCC1CCN(c2ncc(N)cc2C(N)=O)CC1. The van der Waals surface area contributed by atoms with Crippen molar-refractivity contribution in [3.8, 4) is 0 Å². The molecule has 1 fully saturated rings. The molecule has 0 saturated carbocycles. The lowest BCUT2D eigenvalue weighted by molar-refractivity contribution is 0.100. The van der Waals surface area contributed by atoms with Crippen molar-refractivity contribution in [1.82, 2.24) is 4.98 Å². The second-order valence-corrected chi connectivity index (χ2v) is 4.84. The van der Waals surface area contributed by atoms with E-state index in [0.717, 1.165) is 31.8 Å². The van der Waals surface area contributed by atoms with Gasteiger partial charge in [0.05, 0.1) is 17.4 Å². The van der Waals surface area contributed by atoms with Gasteiger partial charge in [-0.05, 0) is 24.8 Å². The fourth-order valence-electron chi connectivity index (χ4n) is 2.46. The lowest BCUT2D eigenvalue weighted by Crippen LogP contribution is -2.35. The van der Waals surface area contributed by atoms with Gasteiger partial charge in [-0.3, -0.25) is 4.79 Å². The zero-order valence-corrected chi connectivity index (χ0v) is 10.7. The summed E-state index contributed by atoms with van der Waals surface area (Å²) < 4.78 is 0. The second kappa shape index (κ2) is 5.25. The molecule has 4 N–H and O–H groups in total. The Morgan fingerprint density at radius 3 is 2.72 bits per heavy atom. The fraction of sp³-hybridized carbons (Fsp3) is 0.538.